The Balaban J connectivity index is 2.74. The van der Waals surface area contributed by atoms with Crippen molar-refractivity contribution in [3.63, 3.8) is 0 Å². The number of nitrogens with one attached hydrogen (secondary N) is 1. The molecule has 1 aromatic rings. The van der Waals surface area contributed by atoms with Crippen molar-refractivity contribution in [3.05, 3.63) is 34.9 Å². The van der Waals surface area contributed by atoms with E-state index in [1.807, 2.05) is 24.3 Å². The summed E-state index contributed by atoms with van der Waals surface area (Å²) in [7, 11) is 0. The van der Waals surface area contributed by atoms with E-state index >= 15 is 0 Å². The molecule has 2 unspecified atom stereocenters. The fraction of sp³-hybridized carbons (Fsp3) is 0.538. The first-order valence-electron chi connectivity index (χ1n) is 5.74. The number of benzene rings is 1. The molecule has 3 heteroatoms. The van der Waals surface area contributed by atoms with Crippen LogP contribution >= 0.6 is 11.6 Å². The van der Waals surface area contributed by atoms with Crippen molar-refractivity contribution in [2.75, 3.05) is 0 Å². The van der Waals surface area contributed by atoms with Crippen LogP contribution in [0.2, 0.25) is 5.02 Å². The Labute approximate surface area is 103 Å². The standard InChI is InChI=1S/C13H20ClNO/c1-4-12(15-9(2)3)13(16)10-5-7-11(14)8-6-10/h5-9,12-13,15-16H,4H2,1-3H3. The molecule has 2 atom stereocenters. The number of hydrogen-bond acceptors (Lipinski definition) is 2. The predicted octanol–water partition coefficient (Wildman–Crippen LogP) is 3.15. The number of halogens is 1. The van der Waals surface area contributed by atoms with Gasteiger partial charge in [-0.2, -0.15) is 0 Å². The predicted molar refractivity (Wildman–Crippen MR) is 68.8 cm³/mol. The lowest BCUT2D eigenvalue weighted by Crippen LogP contribution is -2.38. The van der Waals surface area contributed by atoms with E-state index in [2.05, 4.69) is 26.1 Å². The quantitative estimate of drug-likeness (QED) is 0.830. The largest absolute Gasteiger partial charge is 0.387 e. The van der Waals surface area contributed by atoms with Crippen LogP contribution in [0, 0.1) is 0 Å². The minimum absolute atomic E-state index is 0.0844. The first-order chi connectivity index (χ1) is 7.54. The third-order valence-electron chi connectivity index (χ3n) is 2.58. The summed E-state index contributed by atoms with van der Waals surface area (Å²) in [5.74, 6) is 0. The van der Waals surface area contributed by atoms with Gasteiger partial charge in [0.2, 0.25) is 0 Å². The second kappa shape index (κ2) is 6.24. The molecule has 0 saturated heterocycles. The van der Waals surface area contributed by atoms with E-state index in [4.69, 9.17) is 11.6 Å². The average Bonchev–Trinajstić information content (AvgIpc) is 2.25. The number of hydrogen-bond donors (Lipinski definition) is 2. The van der Waals surface area contributed by atoms with Gasteiger partial charge in [0.05, 0.1) is 6.10 Å². The normalized spacial score (nSPS) is 15.1. The van der Waals surface area contributed by atoms with Crippen molar-refractivity contribution in [2.45, 2.75) is 45.4 Å². The van der Waals surface area contributed by atoms with Crippen molar-refractivity contribution >= 4 is 11.6 Å². The zero-order chi connectivity index (χ0) is 12.1. The summed E-state index contributed by atoms with van der Waals surface area (Å²) in [6, 6.07) is 7.81. The summed E-state index contributed by atoms with van der Waals surface area (Å²) in [6.07, 6.45) is 0.409. The zero-order valence-corrected chi connectivity index (χ0v) is 10.8. The third kappa shape index (κ3) is 3.78. The molecule has 0 fully saturated rings. The molecule has 0 saturated carbocycles. The minimum Gasteiger partial charge on any atom is -0.387 e. The van der Waals surface area contributed by atoms with Crippen LogP contribution in [0.3, 0.4) is 0 Å². The van der Waals surface area contributed by atoms with Crippen molar-refractivity contribution in [3.8, 4) is 0 Å². The molecule has 0 aliphatic rings. The molecular formula is C13H20ClNO. The number of rotatable bonds is 5. The van der Waals surface area contributed by atoms with Crippen LogP contribution in [0.15, 0.2) is 24.3 Å². The molecule has 0 radical (unpaired) electrons. The van der Waals surface area contributed by atoms with E-state index in [-0.39, 0.29) is 6.04 Å². The Morgan fingerprint density at radius 3 is 2.25 bits per heavy atom. The Bertz CT molecular complexity index is 310. The van der Waals surface area contributed by atoms with Crippen LogP contribution in [-0.2, 0) is 0 Å². The summed E-state index contributed by atoms with van der Waals surface area (Å²) in [5, 5.41) is 14.3. The first kappa shape index (κ1) is 13.5. The van der Waals surface area contributed by atoms with Gasteiger partial charge in [-0.1, -0.05) is 44.5 Å². The van der Waals surface area contributed by atoms with E-state index < -0.39 is 6.10 Å². The lowest BCUT2D eigenvalue weighted by Gasteiger charge is -2.25. The van der Waals surface area contributed by atoms with Crippen molar-refractivity contribution < 1.29 is 5.11 Å². The van der Waals surface area contributed by atoms with Gasteiger partial charge in [-0.05, 0) is 24.1 Å². The smallest absolute Gasteiger partial charge is 0.0942 e. The van der Waals surface area contributed by atoms with Gasteiger partial charge in [0.15, 0.2) is 0 Å². The Kier molecular flexibility index (Phi) is 5.26. The highest BCUT2D eigenvalue weighted by atomic mass is 35.5. The van der Waals surface area contributed by atoms with Gasteiger partial charge in [0.1, 0.15) is 0 Å². The van der Waals surface area contributed by atoms with Crippen molar-refractivity contribution in [1.82, 2.24) is 5.32 Å². The third-order valence-corrected chi connectivity index (χ3v) is 2.83. The highest BCUT2D eigenvalue weighted by molar-refractivity contribution is 6.30. The Morgan fingerprint density at radius 1 is 1.25 bits per heavy atom. The van der Waals surface area contributed by atoms with Crippen LogP contribution in [0.25, 0.3) is 0 Å². The molecule has 0 aromatic heterocycles. The van der Waals surface area contributed by atoms with Crippen molar-refractivity contribution in [1.29, 1.82) is 0 Å². The van der Waals surface area contributed by atoms with Gasteiger partial charge in [-0.15, -0.1) is 0 Å². The molecule has 0 spiro atoms. The second-order valence-corrected chi connectivity index (χ2v) is 4.77. The molecule has 1 rings (SSSR count). The molecular weight excluding hydrogens is 222 g/mol. The van der Waals surface area contributed by atoms with Crippen LogP contribution in [0.4, 0.5) is 0 Å². The lowest BCUT2D eigenvalue weighted by molar-refractivity contribution is 0.121. The zero-order valence-electron chi connectivity index (χ0n) is 10.1. The van der Waals surface area contributed by atoms with Crippen molar-refractivity contribution in [2.24, 2.45) is 0 Å². The molecule has 0 bridgehead atoms. The van der Waals surface area contributed by atoms with Crippen LogP contribution in [0.1, 0.15) is 38.9 Å². The molecule has 2 nitrogen and oxygen atoms in total. The summed E-state index contributed by atoms with van der Waals surface area (Å²) >= 11 is 5.82. The monoisotopic (exact) mass is 241 g/mol. The molecule has 16 heavy (non-hydrogen) atoms. The average molecular weight is 242 g/mol. The highest BCUT2D eigenvalue weighted by Gasteiger charge is 2.19. The van der Waals surface area contributed by atoms with E-state index in [1.165, 1.54) is 0 Å². The summed E-state index contributed by atoms with van der Waals surface area (Å²) < 4.78 is 0. The fourth-order valence-electron chi connectivity index (χ4n) is 1.75. The highest BCUT2D eigenvalue weighted by Crippen LogP contribution is 2.21. The topological polar surface area (TPSA) is 32.3 Å². The van der Waals surface area contributed by atoms with Gasteiger partial charge in [0.25, 0.3) is 0 Å². The van der Waals surface area contributed by atoms with E-state index in [1.54, 1.807) is 0 Å². The molecule has 0 amide bonds. The molecule has 2 N–H and O–H groups in total. The molecule has 0 aliphatic carbocycles. The maximum Gasteiger partial charge on any atom is 0.0942 e. The van der Waals surface area contributed by atoms with Gasteiger partial charge < -0.3 is 10.4 Å². The molecule has 1 aromatic carbocycles. The fourth-order valence-corrected chi connectivity index (χ4v) is 1.88. The van der Waals surface area contributed by atoms with Crippen LogP contribution < -0.4 is 5.32 Å². The summed E-state index contributed by atoms with van der Waals surface area (Å²) in [4.78, 5) is 0. The second-order valence-electron chi connectivity index (χ2n) is 4.33. The summed E-state index contributed by atoms with van der Waals surface area (Å²) in [5.41, 5.74) is 0.907. The Hall–Kier alpha value is -0.570. The van der Waals surface area contributed by atoms with Crippen LogP contribution in [0.5, 0.6) is 0 Å². The van der Waals surface area contributed by atoms with E-state index in [9.17, 15) is 5.11 Å². The lowest BCUT2D eigenvalue weighted by atomic mass is 10.00. The Morgan fingerprint density at radius 2 is 1.81 bits per heavy atom. The molecule has 0 heterocycles. The molecule has 0 aliphatic heterocycles. The maximum absolute atomic E-state index is 10.2. The minimum atomic E-state index is -0.482. The van der Waals surface area contributed by atoms with Gasteiger partial charge in [0, 0.05) is 17.1 Å². The molecule has 90 valence electrons. The van der Waals surface area contributed by atoms with E-state index in [0.717, 1.165) is 12.0 Å². The number of aliphatic hydroxyl groups is 1. The maximum atomic E-state index is 10.2. The van der Waals surface area contributed by atoms with Crippen LogP contribution in [-0.4, -0.2) is 17.2 Å². The first-order valence-corrected chi connectivity index (χ1v) is 6.12. The van der Waals surface area contributed by atoms with Gasteiger partial charge in [-0.25, -0.2) is 0 Å². The van der Waals surface area contributed by atoms with Gasteiger partial charge in [-0.3, -0.25) is 0 Å². The SMILES string of the molecule is CCC(NC(C)C)C(O)c1ccc(Cl)cc1. The number of aliphatic hydroxyl groups excluding tert-OH is 1. The van der Waals surface area contributed by atoms with Gasteiger partial charge >= 0.3 is 0 Å². The summed E-state index contributed by atoms with van der Waals surface area (Å²) in [6.45, 7) is 6.23. The van der Waals surface area contributed by atoms with E-state index in [0.29, 0.717) is 11.1 Å².